The Balaban J connectivity index is 1.99. The Bertz CT molecular complexity index is 639. The number of rotatable bonds is 3. The van der Waals surface area contributed by atoms with E-state index in [9.17, 15) is 0 Å². The highest BCUT2D eigenvalue weighted by Crippen LogP contribution is 2.41. The summed E-state index contributed by atoms with van der Waals surface area (Å²) < 4.78 is 0. The molecule has 0 spiro atoms. The lowest BCUT2D eigenvalue weighted by atomic mass is 9.77. The molecule has 0 fully saturated rings. The Hall–Kier alpha value is -1.02. The molecule has 0 radical (unpaired) electrons. The normalized spacial score (nSPS) is 19.1. The van der Waals surface area contributed by atoms with Gasteiger partial charge in [0, 0.05) is 12.0 Å². The van der Waals surface area contributed by atoms with Crippen molar-refractivity contribution in [2.45, 2.75) is 31.2 Å². The highest BCUT2D eigenvalue weighted by molar-refractivity contribution is 6.42. The van der Waals surface area contributed by atoms with Gasteiger partial charge in [-0.1, -0.05) is 53.5 Å². The van der Waals surface area contributed by atoms with Gasteiger partial charge in [0.2, 0.25) is 0 Å². The van der Waals surface area contributed by atoms with Crippen LogP contribution in [0.1, 0.15) is 41.5 Å². The molecule has 21 heavy (non-hydrogen) atoms. The first-order chi connectivity index (χ1) is 10.2. The molecular weight excluding hydrogens is 301 g/mol. The van der Waals surface area contributed by atoms with E-state index < -0.39 is 0 Å². The van der Waals surface area contributed by atoms with Gasteiger partial charge < -0.3 is 5.32 Å². The highest BCUT2D eigenvalue weighted by Gasteiger charge is 2.28. The average molecular weight is 320 g/mol. The minimum Gasteiger partial charge on any atom is -0.312 e. The molecule has 1 nitrogen and oxygen atoms in total. The van der Waals surface area contributed by atoms with Crippen molar-refractivity contribution < 1.29 is 0 Å². The van der Waals surface area contributed by atoms with Crippen LogP contribution in [0.2, 0.25) is 10.0 Å². The zero-order valence-electron chi connectivity index (χ0n) is 12.1. The molecule has 2 atom stereocenters. The average Bonchev–Trinajstić information content (AvgIpc) is 2.52. The number of benzene rings is 2. The van der Waals surface area contributed by atoms with Gasteiger partial charge in [-0.2, -0.15) is 0 Å². The summed E-state index contributed by atoms with van der Waals surface area (Å²) in [5.41, 5.74) is 4.15. The Morgan fingerprint density at radius 1 is 1.10 bits per heavy atom. The Labute approximate surface area is 136 Å². The van der Waals surface area contributed by atoms with Crippen molar-refractivity contribution in [2.24, 2.45) is 0 Å². The molecule has 0 saturated carbocycles. The van der Waals surface area contributed by atoms with E-state index in [1.54, 1.807) is 0 Å². The van der Waals surface area contributed by atoms with Gasteiger partial charge in [-0.25, -0.2) is 0 Å². The lowest BCUT2D eigenvalue weighted by molar-refractivity contribution is 0.425. The van der Waals surface area contributed by atoms with Gasteiger partial charge in [0.1, 0.15) is 0 Å². The summed E-state index contributed by atoms with van der Waals surface area (Å²) in [5.74, 6) is 0.484. The molecule has 2 unspecified atom stereocenters. The highest BCUT2D eigenvalue weighted by atomic mass is 35.5. The minimum atomic E-state index is 0.265. The number of likely N-dealkylation sites (N-methyl/N-ethyl adjacent to an activating group) is 1. The largest absolute Gasteiger partial charge is 0.312 e. The van der Waals surface area contributed by atoms with Gasteiger partial charge >= 0.3 is 0 Å². The van der Waals surface area contributed by atoms with Crippen LogP contribution in [-0.4, -0.2) is 7.05 Å². The quantitative estimate of drug-likeness (QED) is 0.801. The maximum absolute atomic E-state index is 6.19. The molecule has 0 bridgehead atoms. The molecule has 1 aliphatic rings. The molecule has 0 saturated heterocycles. The van der Waals surface area contributed by atoms with Crippen molar-refractivity contribution in [1.82, 2.24) is 5.32 Å². The first-order valence-corrected chi connectivity index (χ1v) is 8.16. The predicted molar refractivity (Wildman–Crippen MR) is 90.4 cm³/mol. The summed E-state index contributed by atoms with van der Waals surface area (Å²) in [6, 6.07) is 15.0. The lowest BCUT2D eigenvalue weighted by Gasteiger charge is -2.32. The van der Waals surface area contributed by atoms with Gasteiger partial charge in [0.05, 0.1) is 10.0 Å². The van der Waals surface area contributed by atoms with Gasteiger partial charge in [-0.3, -0.25) is 0 Å². The van der Waals surface area contributed by atoms with E-state index in [2.05, 4.69) is 35.6 Å². The van der Waals surface area contributed by atoms with Crippen LogP contribution >= 0.6 is 23.2 Å². The number of halogens is 2. The van der Waals surface area contributed by atoms with Crippen molar-refractivity contribution >= 4 is 23.2 Å². The van der Waals surface area contributed by atoms with Crippen molar-refractivity contribution in [2.75, 3.05) is 7.05 Å². The molecular formula is C18H19Cl2N. The van der Waals surface area contributed by atoms with E-state index in [0.29, 0.717) is 16.0 Å². The summed E-state index contributed by atoms with van der Waals surface area (Å²) in [4.78, 5) is 0. The zero-order valence-corrected chi connectivity index (χ0v) is 13.6. The predicted octanol–water partition coefficient (Wildman–Crippen LogP) is 5.37. The van der Waals surface area contributed by atoms with Crippen LogP contribution in [0.3, 0.4) is 0 Å². The van der Waals surface area contributed by atoms with Crippen LogP contribution in [0.4, 0.5) is 0 Å². The summed E-state index contributed by atoms with van der Waals surface area (Å²) in [5, 5.41) is 4.71. The Morgan fingerprint density at radius 2 is 1.90 bits per heavy atom. The summed E-state index contributed by atoms with van der Waals surface area (Å²) in [6.45, 7) is 0. The van der Waals surface area contributed by atoms with Crippen LogP contribution in [0.15, 0.2) is 42.5 Å². The third-order valence-corrected chi connectivity index (χ3v) is 5.17. The second-order valence-corrected chi connectivity index (χ2v) is 6.45. The fourth-order valence-corrected chi connectivity index (χ4v) is 3.75. The van der Waals surface area contributed by atoms with Crippen LogP contribution < -0.4 is 5.32 Å². The molecule has 1 N–H and O–H groups in total. The van der Waals surface area contributed by atoms with Crippen LogP contribution in [-0.2, 0) is 6.42 Å². The summed E-state index contributed by atoms with van der Waals surface area (Å²) >= 11 is 12.2. The fourth-order valence-electron chi connectivity index (χ4n) is 3.44. The molecule has 2 aromatic rings. The van der Waals surface area contributed by atoms with Gasteiger partial charge in [-0.15, -0.1) is 0 Å². The first kappa shape index (κ1) is 14.9. The monoisotopic (exact) mass is 319 g/mol. The van der Waals surface area contributed by atoms with Crippen molar-refractivity contribution in [3.8, 4) is 0 Å². The van der Waals surface area contributed by atoms with Crippen molar-refractivity contribution in [3.05, 3.63) is 69.2 Å². The molecule has 0 heterocycles. The Kier molecular flexibility index (Phi) is 4.54. The molecule has 0 aliphatic heterocycles. The van der Waals surface area contributed by atoms with E-state index in [-0.39, 0.29) is 6.04 Å². The molecule has 110 valence electrons. The van der Waals surface area contributed by atoms with E-state index in [1.165, 1.54) is 36.0 Å². The summed E-state index contributed by atoms with van der Waals surface area (Å²) in [6.07, 6.45) is 3.62. The number of hydrogen-bond acceptors (Lipinski definition) is 1. The third kappa shape index (κ3) is 2.96. The zero-order chi connectivity index (χ0) is 14.8. The first-order valence-electron chi connectivity index (χ1n) is 7.40. The van der Waals surface area contributed by atoms with Gasteiger partial charge in [0.15, 0.2) is 0 Å². The second kappa shape index (κ2) is 6.39. The number of nitrogens with one attached hydrogen (secondary N) is 1. The van der Waals surface area contributed by atoms with Crippen LogP contribution in [0, 0.1) is 0 Å². The fraction of sp³-hybridized carbons (Fsp3) is 0.333. The number of hydrogen-bond donors (Lipinski definition) is 1. The molecule has 0 aromatic heterocycles. The molecule has 3 heteroatoms. The van der Waals surface area contributed by atoms with Crippen LogP contribution in [0.5, 0.6) is 0 Å². The minimum absolute atomic E-state index is 0.265. The van der Waals surface area contributed by atoms with E-state index in [4.69, 9.17) is 23.2 Å². The smallest absolute Gasteiger partial charge is 0.0595 e. The molecule has 3 rings (SSSR count). The van der Waals surface area contributed by atoms with Crippen molar-refractivity contribution in [1.29, 1.82) is 0 Å². The van der Waals surface area contributed by atoms with Crippen molar-refractivity contribution in [3.63, 3.8) is 0 Å². The summed E-state index contributed by atoms with van der Waals surface area (Å²) in [7, 11) is 2.02. The van der Waals surface area contributed by atoms with Gasteiger partial charge in [0.25, 0.3) is 0 Å². The second-order valence-electron chi connectivity index (χ2n) is 5.64. The van der Waals surface area contributed by atoms with E-state index in [1.807, 2.05) is 19.2 Å². The van der Waals surface area contributed by atoms with E-state index >= 15 is 0 Å². The SMILES string of the molecule is CNC(c1ccc(Cl)c(Cl)c1)C1CCCc2ccccc21. The van der Waals surface area contributed by atoms with Crippen LogP contribution in [0.25, 0.3) is 0 Å². The van der Waals surface area contributed by atoms with E-state index in [0.717, 1.165) is 0 Å². The standard InChI is InChI=1S/C18H19Cl2N/c1-21-18(13-9-10-16(19)17(20)11-13)15-8-4-6-12-5-2-3-7-14(12)15/h2-3,5,7,9-11,15,18,21H,4,6,8H2,1H3. The molecule has 1 aliphatic carbocycles. The lowest BCUT2D eigenvalue weighted by Crippen LogP contribution is -2.26. The molecule has 2 aromatic carbocycles. The number of aryl methyl sites for hydroxylation is 1. The maximum Gasteiger partial charge on any atom is 0.0595 e. The van der Waals surface area contributed by atoms with Gasteiger partial charge in [-0.05, 0) is 55.1 Å². The molecule has 0 amide bonds. The topological polar surface area (TPSA) is 12.0 Å². The number of fused-ring (bicyclic) bond motifs is 1. The third-order valence-electron chi connectivity index (χ3n) is 4.43. The Morgan fingerprint density at radius 3 is 2.67 bits per heavy atom. The maximum atomic E-state index is 6.19.